The Hall–Kier alpha value is -2.18. The van der Waals surface area contributed by atoms with Crippen molar-refractivity contribution < 1.29 is 5.11 Å². The van der Waals surface area contributed by atoms with Gasteiger partial charge < -0.3 is 15.1 Å². The average Bonchev–Trinajstić information content (AvgIpc) is 2.85. The summed E-state index contributed by atoms with van der Waals surface area (Å²) in [5, 5.41) is 10.3. The first-order chi connectivity index (χ1) is 9.54. The van der Waals surface area contributed by atoms with Crippen molar-refractivity contribution in [1.82, 2.24) is 9.97 Å². The topological polar surface area (TPSA) is 85.9 Å². The van der Waals surface area contributed by atoms with Gasteiger partial charge in [0.1, 0.15) is 6.10 Å². The Kier molecular flexibility index (Phi) is 3.04. The van der Waals surface area contributed by atoms with Crippen molar-refractivity contribution in [3.63, 3.8) is 0 Å². The van der Waals surface area contributed by atoms with Crippen LogP contribution in [-0.2, 0) is 0 Å². The van der Waals surface area contributed by atoms with Crippen molar-refractivity contribution in [3.05, 3.63) is 66.4 Å². The Morgan fingerprint density at radius 2 is 1.75 bits per heavy atom. The molecule has 3 N–H and O–H groups in total. The lowest BCUT2D eigenvalue weighted by Gasteiger charge is -2.09. The van der Waals surface area contributed by atoms with E-state index in [9.17, 15) is 14.7 Å². The molecule has 0 aliphatic carbocycles. The third-order valence-electron chi connectivity index (χ3n) is 3.09. The van der Waals surface area contributed by atoms with Crippen molar-refractivity contribution in [2.24, 2.45) is 0 Å². The summed E-state index contributed by atoms with van der Waals surface area (Å²) in [5.41, 5.74) is 0.324. The summed E-state index contributed by atoms with van der Waals surface area (Å²) in [6, 6.07) is 8.91. The van der Waals surface area contributed by atoms with Gasteiger partial charge in [-0.05, 0) is 36.8 Å². The molecule has 0 saturated carbocycles. The Morgan fingerprint density at radius 3 is 2.40 bits per heavy atom. The summed E-state index contributed by atoms with van der Waals surface area (Å²) in [5.74, 6) is 0. The molecule has 6 heteroatoms. The van der Waals surface area contributed by atoms with Crippen LogP contribution in [-0.4, -0.2) is 15.1 Å². The van der Waals surface area contributed by atoms with E-state index >= 15 is 0 Å². The maximum absolute atomic E-state index is 11.3. The molecule has 0 saturated heterocycles. The number of hydrogen-bond donors (Lipinski definition) is 3. The molecule has 2 aromatic heterocycles. The minimum absolute atomic E-state index is 0.499. The first-order valence-corrected chi connectivity index (χ1v) is 6.87. The highest BCUT2D eigenvalue weighted by molar-refractivity contribution is 7.12. The zero-order chi connectivity index (χ0) is 14.3. The number of fused-ring (bicyclic) bond motifs is 1. The van der Waals surface area contributed by atoms with E-state index in [-0.39, 0.29) is 0 Å². The molecule has 3 aromatic rings. The second-order valence-electron chi connectivity index (χ2n) is 4.56. The van der Waals surface area contributed by atoms with Crippen LogP contribution in [0.2, 0.25) is 0 Å². The van der Waals surface area contributed by atoms with Gasteiger partial charge in [-0.3, -0.25) is 9.59 Å². The lowest BCUT2D eigenvalue weighted by molar-refractivity contribution is 0.224. The fourth-order valence-electron chi connectivity index (χ4n) is 2.07. The second kappa shape index (κ2) is 4.73. The summed E-state index contributed by atoms with van der Waals surface area (Å²) >= 11 is 1.52. The number of aryl methyl sites for hydroxylation is 1. The number of hydrogen-bond acceptors (Lipinski definition) is 4. The highest BCUT2D eigenvalue weighted by atomic mass is 32.1. The van der Waals surface area contributed by atoms with E-state index in [2.05, 4.69) is 9.97 Å². The Bertz CT molecular complexity index is 891. The van der Waals surface area contributed by atoms with Crippen molar-refractivity contribution in [2.75, 3.05) is 0 Å². The van der Waals surface area contributed by atoms with Crippen molar-refractivity contribution in [1.29, 1.82) is 0 Å². The number of benzene rings is 1. The van der Waals surface area contributed by atoms with Crippen LogP contribution in [0.5, 0.6) is 0 Å². The van der Waals surface area contributed by atoms with Crippen LogP contribution in [0.3, 0.4) is 0 Å². The van der Waals surface area contributed by atoms with Crippen LogP contribution >= 0.6 is 11.3 Å². The summed E-state index contributed by atoms with van der Waals surface area (Å²) in [6.45, 7) is 1.98. The van der Waals surface area contributed by atoms with Gasteiger partial charge in [-0.2, -0.15) is 0 Å². The molecular formula is C14H12N2O3S. The van der Waals surface area contributed by atoms with Gasteiger partial charge in [0.05, 0.1) is 11.0 Å². The molecule has 20 heavy (non-hydrogen) atoms. The second-order valence-corrected chi connectivity index (χ2v) is 5.88. The van der Waals surface area contributed by atoms with Crippen LogP contribution in [0.15, 0.2) is 39.9 Å². The third-order valence-corrected chi connectivity index (χ3v) is 4.15. The van der Waals surface area contributed by atoms with Crippen LogP contribution in [0.1, 0.15) is 21.4 Å². The van der Waals surface area contributed by atoms with Gasteiger partial charge >= 0.3 is 11.1 Å². The number of aromatic nitrogens is 2. The SMILES string of the molecule is Cc1ccc(C(O)c2ccc3[nH]c(=O)c(=O)[nH]c3c2)s1. The summed E-state index contributed by atoms with van der Waals surface area (Å²) in [7, 11) is 0. The number of H-pyrrole nitrogens is 2. The summed E-state index contributed by atoms with van der Waals surface area (Å²) in [6.07, 6.45) is -0.742. The minimum atomic E-state index is -0.742. The van der Waals surface area contributed by atoms with Crippen molar-refractivity contribution in [2.45, 2.75) is 13.0 Å². The fourth-order valence-corrected chi connectivity index (χ4v) is 2.96. The molecule has 5 nitrogen and oxygen atoms in total. The van der Waals surface area contributed by atoms with E-state index in [1.807, 2.05) is 19.1 Å². The van der Waals surface area contributed by atoms with Crippen LogP contribution < -0.4 is 11.1 Å². The quantitative estimate of drug-likeness (QED) is 0.627. The Morgan fingerprint density at radius 1 is 1.05 bits per heavy atom. The maximum atomic E-state index is 11.3. The highest BCUT2D eigenvalue weighted by Crippen LogP contribution is 2.28. The van der Waals surface area contributed by atoms with Crippen LogP contribution in [0, 0.1) is 6.92 Å². The molecule has 0 radical (unpaired) electrons. The lowest BCUT2D eigenvalue weighted by atomic mass is 10.1. The molecule has 0 fully saturated rings. The average molecular weight is 288 g/mol. The number of thiophene rings is 1. The normalized spacial score (nSPS) is 12.7. The van der Waals surface area contributed by atoms with Gasteiger partial charge in [0.15, 0.2) is 0 Å². The van der Waals surface area contributed by atoms with Gasteiger partial charge in [0.2, 0.25) is 0 Å². The molecule has 1 atom stereocenters. The molecule has 0 amide bonds. The van der Waals surface area contributed by atoms with Gasteiger partial charge in [0, 0.05) is 9.75 Å². The zero-order valence-electron chi connectivity index (χ0n) is 10.6. The van der Waals surface area contributed by atoms with Gasteiger partial charge in [0.25, 0.3) is 0 Å². The van der Waals surface area contributed by atoms with Crippen LogP contribution in [0.4, 0.5) is 0 Å². The highest BCUT2D eigenvalue weighted by Gasteiger charge is 2.13. The number of aliphatic hydroxyl groups is 1. The van der Waals surface area contributed by atoms with Gasteiger partial charge in [-0.1, -0.05) is 6.07 Å². The summed E-state index contributed by atoms with van der Waals surface area (Å²) in [4.78, 5) is 29.5. The molecule has 2 heterocycles. The number of aromatic amines is 2. The Labute approximate surface area is 117 Å². The molecule has 102 valence electrons. The standard InChI is InChI=1S/C14H12N2O3S/c1-7-2-5-11(20-7)12(17)8-3-4-9-10(6-8)16-14(19)13(18)15-9/h2-6,12,17H,1H3,(H,15,18)(H,16,19). The molecule has 1 aromatic carbocycles. The number of nitrogens with one attached hydrogen (secondary N) is 2. The third kappa shape index (κ3) is 2.19. The molecule has 1 unspecified atom stereocenters. The lowest BCUT2D eigenvalue weighted by Crippen LogP contribution is -2.28. The molecule has 0 aliphatic rings. The van der Waals surface area contributed by atoms with Gasteiger partial charge in [-0.25, -0.2) is 0 Å². The predicted molar refractivity (Wildman–Crippen MR) is 78.3 cm³/mol. The Balaban J connectivity index is 2.11. The molecule has 0 bridgehead atoms. The molecule has 0 aliphatic heterocycles. The molecule has 3 rings (SSSR count). The molecule has 0 spiro atoms. The van der Waals surface area contributed by atoms with Crippen molar-refractivity contribution >= 4 is 22.4 Å². The fraction of sp³-hybridized carbons (Fsp3) is 0.143. The maximum Gasteiger partial charge on any atom is 0.314 e. The largest absolute Gasteiger partial charge is 0.383 e. The van der Waals surface area contributed by atoms with E-state index < -0.39 is 17.2 Å². The zero-order valence-corrected chi connectivity index (χ0v) is 11.5. The first kappa shape index (κ1) is 12.8. The van der Waals surface area contributed by atoms with Crippen LogP contribution in [0.25, 0.3) is 11.0 Å². The van der Waals surface area contributed by atoms with E-state index in [1.165, 1.54) is 11.3 Å². The predicted octanol–water partition coefficient (Wildman–Crippen LogP) is 1.67. The molecular weight excluding hydrogens is 276 g/mol. The monoisotopic (exact) mass is 288 g/mol. The first-order valence-electron chi connectivity index (χ1n) is 6.05. The number of aliphatic hydroxyl groups excluding tert-OH is 1. The number of rotatable bonds is 2. The van der Waals surface area contributed by atoms with Gasteiger partial charge in [-0.15, -0.1) is 11.3 Å². The minimum Gasteiger partial charge on any atom is -0.383 e. The smallest absolute Gasteiger partial charge is 0.314 e. The summed E-state index contributed by atoms with van der Waals surface area (Å²) < 4.78 is 0. The van der Waals surface area contributed by atoms with E-state index in [4.69, 9.17) is 0 Å². The van der Waals surface area contributed by atoms with E-state index in [1.54, 1.807) is 18.2 Å². The van der Waals surface area contributed by atoms with E-state index in [0.717, 1.165) is 9.75 Å². The van der Waals surface area contributed by atoms with Crippen molar-refractivity contribution in [3.8, 4) is 0 Å². The van der Waals surface area contributed by atoms with E-state index in [0.29, 0.717) is 16.6 Å².